The number of phenols is 4. The Bertz CT molecular complexity index is 5580. The van der Waals surface area contributed by atoms with Gasteiger partial charge in [0.05, 0.1) is 41.3 Å². The molecule has 11 nitrogen and oxygen atoms in total. The monoisotopic (exact) mass is 1560 g/mol. The molecule has 0 bridgehead atoms. The lowest BCUT2D eigenvalue weighted by Gasteiger charge is -2.13. The van der Waals surface area contributed by atoms with Crippen LogP contribution in [0.4, 0.5) is 25.8 Å². The fraction of sp³-hybridized carbons (Fsp3) is 0.0510. The largest absolute Gasteiger partial charge is 0.508 e. The molecule has 16 heteroatoms. The minimum absolute atomic E-state index is 0.169. The van der Waals surface area contributed by atoms with Crippen LogP contribution in [0.15, 0.2) is 394 Å². The summed E-state index contributed by atoms with van der Waals surface area (Å²) in [6.07, 6.45) is 6.12. The number of benzene rings is 15. The van der Waals surface area contributed by atoms with Crippen LogP contribution in [0.1, 0.15) is 38.9 Å². The summed E-state index contributed by atoms with van der Waals surface area (Å²) in [5.74, 6) is 5.35. The number of aromatic hydroxyl groups is 4. The zero-order chi connectivity index (χ0) is 79.6. The number of hydrogen-bond acceptors (Lipinski definition) is 14. The summed E-state index contributed by atoms with van der Waals surface area (Å²) in [5, 5.41) is 35.5. The second kappa shape index (κ2) is 40.0. The molecule has 114 heavy (non-hydrogen) atoms. The SMILES string of the molecule is COc1ccc(C(=Nc2ccccc2SC)c2ccc(Oc3ccc(Oc4ccc(C(=Nc5ccccc5SC)c5ccc(Oc6ccc(-c7ccc(C)cc7)cc6)cc5)cc4)cc3)cc2)cc1.CSc1ccccc1N=C(c1ccc(F)cc1)c1ccc(F)cc1.Oc1ccc(-c2ccc(O)cc2)cc1.Oc1ccc(O)cc1. The molecule has 15 aromatic rings. The number of rotatable bonds is 21. The Morgan fingerprint density at radius 2 is 0.456 bits per heavy atom. The third-order valence-corrected chi connectivity index (χ3v) is 20.0. The Hall–Kier alpha value is -13.4. The fourth-order valence-electron chi connectivity index (χ4n) is 11.6. The summed E-state index contributed by atoms with van der Waals surface area (Å²) in [6.45, 7) is 2.10. The van der Waals surface area contributed by atoms with Crippen LogP contribution in [0.5, 0.6) is 63.2 Å². The summed E-state index contributed by atoms with van der Waals surface area (Å²) in [6, 6.07) is 113. The third-order valence-electron chi connectivity index (χ3n) is 17.6. The maximum atomic E-state index is 13.3. The van der Waals surface area contributed by atoms with Crippen molar-refractivity contribution in [3.05, 3.63) is 415 Å². The first-order valence-electron chi connectivity index (χ1n) is 36.1. The second-order valence-electron chi connectivity index (χ2n) is 25.5. The van der Waals surface area contributed by atoms with Crippen LogP contribution in [0.2, 0.25) is 0 Å². The highest BCUT2D eigenvalue weighted by molar-refractivity contribution is 7.99. The van der Waals surface area contributed by atoms with Crippen molar-refractivity contribution in [2.75, 3.05) is 25.9 Å². The van der Waals surface area contributed by atoms with E-state index in [0.717, 1.165) is 110 Å². The number of phenolic OH excluding ortho intramolecular Hbond substituents is 4. The lowest BCUT2D eigenvalue weighted by molar-refractivity contribution is 0.415. The Morgan fingerprint density at radius 3 is 0.711 bits per heavy atom. The van der Waals surface area contributed by atoms with Crippen LogP contribution in [0.25, 0.3) is 22.3 Å². The van der Waals surface area contributed by atoms with E-state index in [1.807, 2.05) is 213 Å². The quantitative estimate of drug-likeness (QED) is 0.0309. The second-order valence-corrected chi connectivity index (χ2v) is 28.0. The molecule has 0 aliphatic heterocycles. The van der Waals surface area contributed by atoms with Crippen molar-refractivity contribution in [2.24, 2.45) is 15.0 Å². The van der Waals surface area contributed by atoms with Crippen LogP contribution in [0, 0.1) is 18.6 Å². The van der Waals surface area contributed by atoms with Gasteiger partial charge in [-0.15, -0.1) is 35.3 Å². The van der Waals surface area contributed by atoms with E-state index in [1.54, 1.807) is 90.9 Å². The first kappa shape index (κ1) is 80.1. The van der Waals surface area contributed by atoms with Crippen molar-refractivity contribution >= 4 is 69.5 Å². The highest BCUT2D eigenvalue weighted by Crippen LogP contribution is 2.36. The average Bonchev–Trinajstić information content (AvgIpc) is 0.820. The summed E-state index contributed by atoms with van der Waals surface area (Å²) < 4.78 is 50.8. The zero-order valence-corrected chi connectivity index (χ0v) is 65.3. The first-order chi connectivity index (χ1) is 55.6. The van der Waals surface area contributed by atoms with Gasteiger partial charge in [0.15, 0.2) is 0 Å². The van der Waals surface area contributed by atoms with Gasteiger partial charge in [-0.2, -0.15) is 0 Å². The van der Waals surface area contributed by atoms with E-state index in [4.69, 9.17) is 54.4 Å². The number of ether oxygens (including phenoxy) is 4. The van der Waals surface area contributed by atoms with Crippen molar-refractivity contribution in [2.45, 2.75) is 21.6 Å². The van der Waals surface area contributed by atoms with Crippen molar-refractivity contribution in [1.82, 2.24) is 0 Å². The number of para-hydroxylation sites is 3. The van der Waals surface area contributed by atoms with Crippen LogP contribution >= 0.6 is 35.3 Å². The van der Waals surface area contributed by atoms with E-state index >= 15 is 0 Å². The van der Waals surface area contributed by atoms with Gasteiger partial charge in [0, 0.05) is 48.1 Å². The summed E-state index contributed by atoms with van der Waals surface area (Å²) >= 11 is 4.96. The minimum atomic E-state index is -0.304. The predicted octanol–water partition coefficient (Wildman–Crippen LogP) is 26.5. The molecule has 0 amide bonds. The molecule has 0 unspecified atom stereocenters. The molecule has 0 aliphatic rings. The maximum Gasteiger partial charge on any atom is 0.127 e. The van der Waals surface area contributed by atoms with Gasteiger partial charge in [-0.05, 0) is 315 Å². The number of halogens is 2. The molecule has 0 fully saturated rings. The van der Waals surface area contributed by atoms with E-state index in [-0.39, 0.29) is 34.6 Å². The maximum absolute atomic E-state index is 13.3. The van der Waals surface area contributed by atoms with Gasteiger partial charge < -0.3 is 39.4 Å². The number of aryl methyl sites for hydroxylation is 1. The summed E-state index contributed by atoms with van der Waals surface area (Å²) in [4.78, 5) is 18.4. The van der Waals surface area contributed by atoms with Crippen molar-refractivity contribution in [3.8, 4) is 85.5 Å². The van der Waals surface area contributed by atoms with E-state index in [2.05, 4.69) is 80.1 Å². The molecule has 0 heterocycles. The van der Waals surface area contributed by atoms with Gasteiger partial charge in [0.2, 0.25) is 0 Å². The summed E-state index contributed by atoms with van der Waals surface area (Å²) in [5.41, 5.74) is 16.0. The van der Waals surface area contributed by atoms with Crippen molar-refractivity contribution < 1.29 is 48.2 Å². The number of nitrogens with zero attached hydrogens (tertiary/aromatic N) is 3. The lowest BCUT2D eigenvalue weighted by atomic mass is 10.0. The molecule has 0 aliphatic carbocycles. The molecule has 0 radical (unpaired) electrons. The molecule has 0 atom stereocenters. The number of aliphatic imine (C=N–C) groups is 3. The van der Waals surface area contributed by atoms with Gasteiger partial charge >= 0.3 is 0 Å². The van der Waals surface area contributed by atoms with E-state index in [0.29, 0.717) is 28.7 Å². The van der Waals surface area contributed by atoms with Crippen LogP contribution < -0.4 is 18.9 Å². The first-order valence-corrected chi connectivity index (χ1v) is 39.8. The molecular formula is C98H79F2N3O8S3. The lowest BCUT2D eigenvalue weighted by Crippen LogP contribution is -2.03. The van der Waals surface area contributed by atoms with Crippen molar-refractivity contribution in [1.29, 1.82) is 0 Å². The van der Waals surface area contributed by atoms with Crippen LogP contribution in [0.3, 0.4) is 0 Å². The smallest absolute Gasteiger partial charge is 0.127 e. The normalized spacial score (nSPS) is 10.9. The molecule has 0 saturated carbocycles. The number of thioether (sulfide) groups is 3. The Balaban J connectivity index is 0.000000208. The Labute approximate surface area is 675 Å². The molecular weight excluding hydrogens is 1480 g/mol. The topological polar surface area (TPSA) is 155 Å². The van der Waals surface area contributed by atoms with Gasteiger partial charge in [-0.1, -0.05) is 103 Å². The minimum Gasteiger partial charge on any atom is -0.508 e. The van der Waals surface area contributed by atoms with Gasteiger partial charge in [-0.25, -0.2) is 23.8 Å². The molecule has 15 aromatic carbocycles. The van der Waals surface area contributed by atoms with Crippen LogP contribution in [-0.4, -0.2) is 63.4 Å². The standard InChI is InChI=1S/C60H48N2O4S2.C20H15F2NS.C12H10O2.C6H6O2/c1-41-13-15-42(16-14-41)43-17-29-49(30-18-43)64-50-31-21-46(22-32-50)60(62-56-10-6-8-12-58(56)68-4)47-25-35-52(36-26-47)66-54-39-37-53(38-40-54)65-51-33-23-45(24-34-51)59(44-19-27-48(63-2)28-20-44)61-55-9-5-7-11-57(55)67-3;1-24-19-5-3-2-4-18(19)23-20(14-6-10-16(21)11-7-14)15-8-12-17(22)13-9-15;13-11-5-1-9(2-6-11)10-3-7-12(14)8-4-10;7-5-1-2-6(8)4-3-5/h5-40H,1-4H3;2-13H,1H3;1-8,13-14H;1-4,7-8H. The van der Waals surface area contributed by atoms with Crippen molar-refractivity contribution in [3.63, 3.8) is 0 Å². The molecule has 0 saturated heterocycles. The van der Waals surface area contributed by atoms with E-state index in [9.17, 15) is 8.78 Å². The highest BCUT2D eigenvalue weighted by Gasteiger charge is 2.16. The predicted molar refractivity (Wildman–Crippen MR) is 464 cm³/mol. The Kier molecular flexibility index (Phi) is 28.1. The van der Waals surface area contributed by atoms with E-state index < -0.39 is 0 Å². The van der Waals surface area contributed by atoms with Gasteiger partial charge in [-0.3, -0.25) is 0 Å². The zero-order valence-electron chi connectivity index (χ0n) is 62.9. The molecule has 0 spiro atoms. The summed E-state index contributed by atoms with van der Waals surface area (Å²) in [7, 11) is 1.67. The molecule has 0 aromatic heterocycles. The third kappa shape index (κ3) is 22.7. The Morgan fingerprint density at radius 1 is 0.254 bits per heavy atom. The van der Waals surface area contributed by atoms with E-state index in [1.165, 1.54) is 59.7 Å². The molecule has 566 valence electrons. The molecule has 4 N–H and O–H groups in total. The highest BCUT2D eigenvalue weighted by atomic mass is 32.2. The van der Waals surface area contributed by atoms with Gasteiger partial charge in [0.1, 0.15) is 74.9 Å². The number of methoxy groups -OCH3 is 1. The van der Waals surface area contributed by atoms with Crippen LogP contribution in [-0.2, 0) is 0 Å². The molecule has 15 rings (SSSR count). The number of hydrogen-bond donors (Lipinski definition) is 4. The van der Waals surface area contributed by atoms with Gasteiger partial charge in [0.25, 0.3) is 0 Å². The fourth-order valence-corrected chi connectivity index (χ4v) is 13.2. The average molecular weight is 1560 g/mol.